The van der Waals surface area contributed by atoms with Gasteiger partial charge >= 0.3 is 0 Å². The van der Waals surface area contributed by atoms with Gasteiger partial charge in [0.15, 0.2) is 19.8 Å². The van der Waals surface area contributed by atoms with E-state index in [2.05, 4.69) is 51.8 Å². The molecule has 1 amide bonds. The van der Waals surface area contributed by atoms with Crippen LogP contribution in [0.2, 0.25) is 18.1 Å². The molecule has 0 saturated heterocycles. The Morgan fingerprint density at radius 2 is 1.90 bits per heavy atom. The van der Waals surface area contributed by atoms with Gasteiger partial charge in [0.05, 0.1) is 17.6 Å². The van der Waals surface area contributed by atoms with Crippen LogP contribution in [0.5, 0.6) is 11.5 Å². The minimum absolute atomic E-state index is 0.0508. The predicted molar refractivity (Wildman–Crippen MR) is 114 cm³/mol. The molecule has 4 atom stereocenters. The van der Waals surface area contributed by atoms with E-state index in [0.717, 1.165) is 36.1 Å². The van der Waals surface area contributed by atoms with Crippen LogP contribution in [-0.4, -0.2) is 33.2 Å². The number of hydrogen-bond donors (Lipinski definition) is 1. The van der Waals surface area contributed by atoms with Crippen LogP contribution in [0.15, 0.2) is 24.3 Å². The summed E-state index contributed by atoms with van der Waals surface area (Å²) in [6, 6.07) is 3.84. The maximum atomic E-state index is 13.0. The molecule has 2 aliphatic heterocycles. The minimum atomic E-state index is -1.99. The van der Waals surface area contributed by atoms with E-state index in [1.807, 2.05) is 6.07 Å². The largest absolute Gasteiger partial charge is 0.454 e. The third-order valence-corrected chi connectivity index (χ3v) is 12.6. The maximum absolute atomic E-state index is 13.0. The standard InChI is InChI=1S/C23H31NO4Si/c1-13-15-8-7-9-19(28-29(5,6)22(2,3)4)23(15)16-11-18-17(26-12-27-18)10-14(16)21(25)24-20(13)23/h10-11,15,19-20H,1,7-9,12H2,2-6H3,(H,24,25)/t15?,19-,20-,23-/m1/s1. The number of amides is 1. The number of nitrogens with one attached hydrogen (secondary N) is 1. The second-order valence-corrected chi connectivity index (χ2v) is 15.3. The number of fused-ring (bicyclic) bond motifs is 2. The van der Waals surface area contributed by atoms with E-state index < -0.39 is 8.32 Å². The average Bonchev–Trinajstić information content (AvgIpc) is 3.10. The Bertz CT molecular complexity index is 918. The molecule has 1 spiro atoms. The fourth-order valence-corrected chi connectivity index (χ4v) is 6.99. The van der Waals surface area contributed by atoms with Crippen LogP contribution in [0, 0.1) is 5.92 Å². The van der Waals surface area contributed by atoms with E-state index in [1.54, 1.807) is 0 Å². The summed E-state index contributed by atoms with van der Waals surface area (Å²) in [6.45, 7) is 16.0. The molecule has 156 valence electrons. The van der Waals surface area contributed by atoms with Gasteiger partial charge in [-0.05, 0) is 60.2 Å². The van der Waals surface area contributed by atoms with Crippen LogP contribution in [-0.2, 0) is 9.84 Å². The van der Waals surface area contributed by atoms with E-state index >= 15 is 0 Å². The van der Waals surface area contributed by atoms with Crippen molar-refractivity contribution in [2.75, 3.05) is 6.79 Å². The molecule has 2 saturated carbocycles. The zero-order valence-corrected chi connectivity index (χ0v) is 19.1. The molecule has 29 heavy (non-hydrogen) atoms. The summed E-state index contributed by atoms with van der Waals surface area (Å²) in [5.74, 6) is 1.67. The Kier molecular flexibility index (Phi) is 3.89. The van der Waals surface area contributed by atoms with E-state index in [9.17, 15) is 4.79 Å². The number of hydrogen-bond acceptors (Lipinski definition) is 4. The smallest absolute Gasteiger partial charge is 0.252 e. The first-order chi connectivity index (χ1) is 13.6. The fourth-order valence-electron chi connectivity index (χ4n) is 5.61. The van der Waals surface area contributed by atoms with Crippen LogP contribution < -0.4 is 14.8 Å². The number of ether oxygens (including phenoxy) is 2. The highest BCUT2D eigenvalue weighted by Gasteiger charge is 2.68. The van der Waals surface area contributed by atoms with Crippen LogP contribution in [0.1, 0.15) is 56.0 Å². The predicted octanol–water partition coefficient (Wildman–Crippen LogP) is 4.53. The van der Waals surface area contributed by atoms with Crippen molar-refractivity contribution in [2.45, 2.75) is 75.7 Å². The molecule has 1 N–H and O–H groups in total. The first kappa shape index (κ1) is 19.2. The Morgan fingerprint density at radius 1 is 1.21 bits per heavy atom. The van der Waals surface area contributed by atoms with Crippen molar-refractivity contribution in [3.63, 3.8) is 0 Å². The molecule has 0 aromatic heterocycles. The lowest BCUT2D eigenvalue weighted by atomic mass is 9.43. The maximum Gasteiger partial charge on any atom is 0.252 e. The van der Waals surface area contributed by atoms with Gasteiger partial charge in [-0.15, -0.1) is 0 Å². The first-order valence-electron chi connectivity index (χ1n) is 10.7. The zero-order chi connectivity index (χ0) is 20.8. The van der Waals surface area contributed by atoms with Crippen molar-refractivity contribution in [3.05, 3.63) is 35.4 Å². The van der Waals surface area contributed by atoms with Crippen molar-refractivity contribution in [3.8, 4) is 11.5 Å². The molecular weight excluding hydrogens is 382 g/mol. The zero-order valence-electron chi connectivity index (χ0n) is 18.1. The van der Waals surface area contributed by atoms with Gasteiger partial charge in [0.25, 0.3) is 5.91 Å². The van der Waals surface area contributed by atoms with Crippen molar-refractivity contribution >= 4 is 14.2 Å². The molecule has 1 aromatic rings. The molecule has 0 radical (unpaired) electrons. The first-order valence-corrected chi connectivity index (χ1v) is 13.6. The second-order valence-electron chi connectivity index (χ2n) is 10.5. The second kappa shape index (κ2) is 5.88. The van der Waals surface area contributed by atoms with Crippen molar-refractivity contribution in [2.24, 2.45) is 5.92 Å². The van der Waals surface area contributed by atoms with Gasteiger partial charge in [0.1, 0.15) is 0 Å². The van der Waals surface area contributed by atoms with Gasteiger partial charge in [-0.2, -0.15) is 0 Å². The molecule has 6 heteroatoms. The summed E-state index contributed by atoms with van der Waals surface area (Å²) in [6.07, 6.45) is 3.30. The number of carbonyl (C=O) groups is 1. The molecule has 2 aliphatic carbocycles. The van der Waals surface area contributed by atoms with Gasteiger partial charge in [-0.3, -0.25) is 4.79 Å². The lowest BCUT2D eigenvalue weighted by molar-refractivity contribution is -0.0388. The fraction of sp³-hybridized carbons (Fsp3) is 0.609. The summed E-state index contributed by atoms with van der Waals surface area (Å²) in [4.78, 5) is 13.0. The average molecular weight is 414 g/mol. The van der Waals surface area contributed by atoms with Crippen molar-refractivity contribution in [1.82, 2.24) is 5.32 Å². The summed E-state index contributed by atoms with van der Waals surface area (Å²) < 4.78 is 18.3. The highest BCUT2D eigenvalue weighted by Crippen LogP contribution is 2.63. The Morgan fingerprint density at radius 3 is 2.59 bits per heavy atom. The molecular formula is C23H31NO4Si. The van der Waals surface area contributed by atoms with Gasteiger partial charge in [-0.25, -0.2) is 0 Å². The van der Waals surface area contributed by atoms with E-state index in [0.29, 0.717) is 17.2 Å². The van der Waals surface area contributed by atoms with Gasteiger partial charge < -0.3 is 19.2 Å². The Labute approximate surface area is 173 Å². The lowest BCUT2D eigenvalue weighted by Gasteiger charge is -2.66. The number of carbonyl (C=O) groups excluding carboxylic acids is 1. The van der Waals surface area contributed by atoms with E-state index in [1.165, 1.54) is 0 Å². The third kappa shape index (κ3) is 2.39. The summed E-state index contributed by atoms with van der Waals surface area (Å²) in [5, 5.41) is 3.39. The molecule has 2 fully saturated rings. The Balaban J connectivity index is 1.67. The summed E-state index contributed by atoms with van der Waals surface area (Å²) >= 11 is 0. The SMILES string of the molecule is C=C1C2CCC[C@@H](O[Si](C)(C)C(C)(C)C)[C@]23c2cc4c(cc2C(=O)N[C@H]13)OCO4. The van der Waals surface area contributed by atoms with Gasteiger partial charge in [0, 0.05) is 5.56 Å². The van der Waals surface area contributed by atoms with E-state index in [-0.39, 0.29) is 35.3 Å². The molecule has 2 heterocycles. The Hall–Kier alpha value is -1.79. The van der Waals surface area contributed by atoms with Crippen LogP contribution in [0.25, 0.3) is 0 Å². The van der Waals surface area contributed by atoms with Crippen molar-refractivity contribution in [1.29, 1.82) is 0 Å². The number of benzene rings is 1. The normalized spacial score (nSPS) is 32.7. The monoisotopic (exact) mass is 413 g/mol. The minimum Gasteiger partial charge on any atom is -0.454 e. The topological polar surface area (TPSA) is 56.8 Å². The molecule has 0 bridgehead atoms. The van der Waals surface area contributed by atoms with Crippen molar-refractivity contribution < 1.29 is 18.7 Å². The highest BCUT2D eigenvalue weighted by molar-refractivity contribution is 6.74. The summed E-state index contributed by atoms with van der Waals surface area (Å²) in [7, 11) is -1.99. The lowest BCUT2D eigenvalue weighted by Crippen LogP contribution is -2.75. The van der Waals surface area contributed by atoms with Gasteiger partial charge in [-0.1, -0.05) is 33.8 Å². The van der Waals surface area contributed by atoms with Crippen LogP contribution in [0.3, 0.4) is 0 Å². The number of rotatable bonds is 2. The summed E-state index contributed by atoms with van der Waals surface area (Å²) in [5.41, 5.74) is 2.66. The molecule has 5 rings (SSSR count). The van der Waals surface area contributed by atoms with Gasteiger partial charge in [0.2, 0.25) is 6.79 Å². The molecule has 1 aromatic carbocycles. The highest BCUT2D eigenvalue weighted by atomic mass is 28.4. The van der Waals surface area contributed by atoms with E-state index in [4.69, 9.17) is 13.9 Å². The molecule has 4 aliphatic rings. The molecule has 5 nitrogen and oxygen atoms in total. The van der Waals surface area contributed by atoms with Crippen LogP contribution in [0.4, 0.5) is 0 Å². The third-order valence-electron chi connectivity index (χ3n) is 8.11. The van der Waals surface area contributed by atoms with Crippen LogP contribution >= 0.6 is 0 Å². The molecule has 1 unspecified atom stereocenters. The quantitative estimate of drug-likeness (QED) is 0.572.